The maximum absolute atomic E-state index is 13.5. The third kappa shape index (κ3) is 5.83. The van der Waals surface area contributed by atoms with E-state index in [0.717, 1.165) is 28.0 Å². The van der Waals surface area contributed by atoms with Gasteiger partial charge in [0.1, 0.15) is 10.7 Å². The molecule has 3 rings (SSSR count). The van der Waals surface area contributed by atoms with Gasteiger partial charge in [0.25, 0.3) is 11.5 Å². The zero-order valence-corrected chi connectivity index (χ0v) is 19.7. The average Bonchev–Trinajstić information content (AvgIpc) is 3.10. The molecule has 0 saturated heterocycles. The Balaban J connectivity index is 2.19. The fourth-order valence-electron chi connectivity index (χ4n) is 3.34. The van der Waals surface area contributed by atoms with Crippen molar-refractivity contribution in [3.63, 3.8) is 0 Å². The number of hydrogen-bond donors (Lipinski definition) is 1. The summed E-state index contributed by atoms with van der Waals surface area (Å²) in [6, 6.07) is 11.3. The molecule has 170 valence electrons. The summed E-state index contributed by atoms with van der Waals surface area (Å²) in [7, 11) is 0. The smallest absolute Gasteiger partial charge is 0.273 e. The summed E-state index contributed by atoms with van der Waals surface area (Å²) in [4.78, 5) is 30.3. The van der Waals surface area contributed by atoms with Gasteiger partial charge < -0.3 is 10.1 Å². The van der Waals surface area contributed by atoms with Crippen LogP contribution in [0.25, 0.3) is 17.3 Å². The van der Waals surface area contributed by atoms with Crippen LogP contribution >= 0.6 is 11.3 Å². The van der Waals surface area contributed by atoms with E-state index in [0.29, 0.717) is 41.1 Å². The van der Waals surface area contributed by atoms with E-state index in [1.54, 1.807) is 30.6 Å². The Labute approximate surface area is 196 Å². The SMILES string of the molecule is CCOCCCNC(=O)C(C#N)=c1sc(=Cc2ccncc2)c(=O)n1-c1ccc(C)cc1C. The molecule has 0 aliphatic carbocycles. The van der Waals surface area contributed by atoms with Crippen molar-refractivity contribution in [2.75, 3.05) is 19.8 Å². The first kappa shape index (κ1) is 24.1. The van der Waals surface area contributed by atoms with Gasteiger partial charge >= 0.3 is 0 Å². The molecule has 8 heteroatoms. The van der Waals surface area contributed by atoms with Gasteiger partial charge in [-0.25, -0.2) is 0 Å². The summed E-state index contributed by atoms with van der Waals surface area (Å²) in [5, 5.41) is 12.6. The van der Waals surface area contributed by atoms with Crippen molar-refractivity contribution in [2.24, 2.45) is 0 Å². The van der Waals surface area contributed by atoms with Crippen LogP contribution in [0.2, 0.25) is 0 Å². The van der Waals surface area contributed by atoms with E-state index in [2.05, 4.69) is 10.3 Å². The molecule has 2 aromatic heterocycles. The Kier molecular flexibility index (Phi) is 8.30. The van der Waals surface area contributed by atoms with E-state index in [4.69, 9.17) is 4.74 Å². The van der Waals surface area contributed by atoms with E-state index in [1.807, 2.05) is 45.0 Å². The van der Waals surface area contributed by atoms with Gasteiger partial charge in [0.15, 0.2) is 5.57 Å². The van der Waals surface area contributed by atoms with Crippen LogP contribution in [0.4, 0.5) is 0 Å². The number of carbonyl (C=O) groups is 1. The fraction of sp³-hybridized carbons (Fsp3) is 0.280. The van der Waals surface area contributed by atoms with E-state index >= 15 is 0 Å². The number of thiazole rings is 1. The summed E-state index contributed by atoms with van der Waals surface area (Å²) in [5.74, 6) is -0.510. The molecule has 3 aromatic rings. The van der Waals surface area contributed by atoms with Crippen molar-refractivity contribution >= 4 is 28.9 Å². The lowest BCUT2D eigenvalue weighted by molar-refractivity contribution is -0.115. The third-order valence-corrected chi connectivity index (χ3v) is 6.02. The lowest BCUT2D eigenvalue weighted by Gasteiger charge is -2.09. The number of pyridine rings is 1. The number of carbonyl (C=O) groups excluding carboxylic acids is 1. The zero-order chi connectivity index (χ0) is 23.8. The minimum absolute atomic E-state index is 0.0946. The van der Waals surface area contributed by atoms with Gasteiger partial charge in [0, 0.05) is 32.2 Å². The van der Waals surface area contributed by atoms with E-state index in [9.17, 15) is 14.9 Å². The first-order chi connectivity index (χ1) is 16.0. The Morgan fingerprint density at radius 2 is 2.03 bits per heavy atom. The second kappa shape index (κ2) is 11.4. The highest BCUT2D eigenvalue weighted by Gasteiger charge is 2.17. The van der Waals surface area contributed by atoms with Crippen molar-refractivity contribution < 1.29 is 9.53 Å². The van der Waals surface area contributed by atoms with Gasteiger partial charge in [0.05, 0.1) is 10.2 Å². The Morgan fingerprint density at radius 3 is 2.70 bits per heavy atom. The largest absolute Gasteiger partial charge is 0.382 e. The Hall–Kier alpha value is -3.54. The van der Waals surface area contributed by atoms with E-state index < -0.39 is 5.91 Å². The van der Waals surface area contributed by atoms with Gasteiger partial charge in [-0.3, -0.25) is 19.1 Å². The van der Waals surface area contributed by atoms with Crippen LogP contribution in [-0.2, 0) is 9.53 Å². The molecule has 33 heavy (non-hydrogen) atoms. The molecule has 0 saturated carbocycles. The summed E-state index contributed by atoms with van der Waals surface area (Å²) < 4.78 is 7.48. The number of aryl methyl sites for hydroxylation is 2. The highest BCUT2D eigenvalue weighted by molar-refractivity contribution is 7.07. The van der Waals surface area contributed by atoms with Gasteiger partial charge in [-0.1, -0.05) is 17.7 Å². The number of nitriles is 1. The summed E-state index contributed by atoms with van der Waals surface area (Å²) in [6.07, 6.45) is 5.66. The molecule has 2 heterocycles. The third-order valence-electron chi connectivity index (χ3n) is 4.93. The normalized spacial score (nSPS) is 12.4. The van der Waals surface area contributed by atoms with Crippen LogP contribution in [0, 0.1) is 25.2 Å². The first-order valence-corrected chi connectivity index (χ1v) is 11.5. The standard InChI is InChI=1S/C25H26N4O3S/c1-4-32-13-5-10-28-23(30)20(16-26)25-29(21-7-6-17(2)14-18(21)3)24(31)22(33-25)15-19-8-11-27-12-9-19/h6-9,11-12,14-15H,4-5,10,13H2,1-3H3,(H,28,30). The molecule has 0 radical (unpaired) electrons. The van der Waals surface area contributed by atoms with Gasteiger partial charge in [-0.2, -0.15) is 5.26 Å². The first-order valence-electron chi connectivity index (χ1n) is 10.7. The lowest BCUT2D eigenvalue weighted by Crippen LogP contribution is -2.34. The maximum Gasteiger partial charge on any atom is 0.273 e. The van der Waals surface area contributed by atoms with Crippen LogP contribution in [0.3, 0.4) is 0 Å². The summed E-state index contributed by atoms with van der Waals surface area (Å²) >= 11 is 1.13. The summed E-state index contributed by atoms with van der Waals surface area (Å²) in [6.45, 7) is 7.29. The molecule has 0 aliphatic rings. The van der Waals surface area contributed by atoms with Crippen LogP contribution in [-0.4, -0.2) is 35.2 Å². The molecule has 7 nitrogen and oxygen atoms in total. The maximum atomic E-state index is 13.5. The van der Waals surface area contributed by atoms with Crippen LogP contribution < -0.4 is 20.1 Å². The Bertz CT molecular complexity index is 1350. The van der Waals surface area contributed by atoms with E-state index in [-0.39, 0.29) is 11.1 Å². The van der Waals surface area contributed by atoms with Crippen molar-refractivity contribution in [1.82, 2.24) is 14.9 Å². The van der Waals surface area contributed by atoms with Crippen molar-refractivity contribution in [2.45, 2.75) is 27.2 Å². The zero-order valence-electron chi connectivity index (χ0n) is 18.9. The number of nitrogens with zero attached hydrogens (tertiary/aromatic N) is 3. The minimum Gasteiger partial charge on any atom is -0.382 e. The molecule has 0 fully saturated rings. The minimum atomic E-state index is -0.510. The highest BCUT2D eigenvalue weighted by Crippen LogP contribution is 2.13. The van der Waals surface area contributed by atoms with Crippen LogP contribution in [0.1, 0.15) is 30.0 Å². The quantitative estimate of drug-likeness (QED) is 0.516. The lowest BCUT2D eigenvalue weighted by atomic mass is 10.1. The molecule has 0 bridgehead atoms. The number of amides is 1. The van der Waals surface area contributed by atoms with Crippen molar-refractivity contribution in [3.8, 4) is 11.8 Å². The van der Waals surface area contributed by atoms with Crippen molar-refractivity contribution in [3.05, 3.63) is 79.0 Å². The second-order valence-electron chi connectivity index (χ2n) is 7.42. The fourth-order valence-corrected chi connectivity index (χ4v) is 4.44. The molecular weight excluding hydrogens is 436 g/mol. The van der Waals surface area contributed by atoms with Crippen molar-refractivity contribution in [1.29, 1.82) is 5.26 Å². The molecule has 1 amide bonds. The average molecular weight is 463 g/mol. The molecular formula is C25H26N4O3S. The van der Waals surface area contributed by atoms with Gasteiger partial charge in [0.2, 0.25) is 0 Å². The molecule has 0 spiro atoms. The molecule has 1 aromatic carbocycles. The van der Waals surface area contributed by atoms with Gasteiger partial charge in [-0.05, 0) is 62.6 Å². The molecule has 1 N–H and O–H groups in total. The number of ether oxygens (including phenoxy) is 1. The second-order valence-corrected chi connectivity index (χ2v) is 8.45. The van der Waals surface area contributed by atoms with Gasteiger partial charge in [-0.15, -0.1) is 11.3 Å². The number of rotatable bonds is 8. The van der Waals surface area contributed by atoms with Crippen LogP contribution in [0.15, 0.2) is 47.5 Å². The van der Waals surface area contributed by atoms with Crippen LogP contribution in [0.5, 0.6) is 0 Å². The predicted molar refractivity (Wildman–Crippen MR) is 130 cm³/mol. The number of nitrogens with one attached hydrogen (secondary N) is 1. The summed E-state index contributed by atoms with van der Waals surface area (Å²) in [5.41, 5.74) is 3.01. The number of aromatic nitrogens is 2. The topological polar surface area (TPSA) is 97.0 Å². The Morgan fingerprint density at radius 1 is 1.27 bits per heavy atom. The molecule has 0 atom stereocenters. The van der Waals surface area contributed by atoms with E-state index in [1.165, 1.54) is 4.57 Å². The predicted octanol–water partition coefficient (Wildman–Crippen LogP) is 1.96. The number of hydrogen-bond acceptors (Lipinski definition) is 6. The monoisotopic (exact) mass is 462 g/mol. The molecule has 0 aliphatic heterocycles. The number of benzene rings is 1. The molecule has 0 unspecified atom stereocenters. The highest BCUT2D eigenvalue weighted by atomic mass is 32.1.